The van der Waals surface area contributed by atoms with Gasteiger partial charge in [0, 0.05) is 38.9 Å². The van der Waals surface area contributed by atoms with Crippen LogP contribution in [0, 0.1) is 0 Å². The van der Waals surface area contributed by atoms with Gasteiger partial charge in [0.15, 0.2) is 0 Å². The number of likely N-dealkylation sites (N-methyl/N-ethyl adjacent to an activating group) is 1. The van der Waals surface area contributed by atoms with Gasteiger partial charge in [0.1, 0.15) is 0 Å². The summed E-state index contributed by atoms with van der Waals surface area (Å²) in [5, 5.41) is 7.78. The predicted octanol–water partition coefficient (Wildman–Crippen LogP) is 0.713. The van der Waals surface area contributed by atoms with Gasteiger partial charge in [-0.05, 0) is 19.5 Å². The Kier molecular flexibility index (Phi) is 5.16. The van der Waals surface area contributed by atoms with E-state index in [1.54, 1.807) is 0 Å². The third-order valence-corrected chi connectivity index (χ3v) is 3.26. The monoisotopic (exact) mass is 252 g/mol. The third kappa shape index (κ3) is 3.80. The second-order valence-corrected chi connectivity index (χ2v) is 4.93. The Labute approximate surface area is 109 Å². The van der Waals surface area contributed by atoms with Crippen molar-refractivity contribution in [2.75, 3.05) is 33.3 Å². The zero-order valence-corrected chi connectivity index (χ0v) is 11.4. The molecule has 18 heavy (non-hydrogen) atoms. The van der Waals surface area contributed by atoms with Gasteiger partial charge in [0.05, 0.1) is 18.4 Å². The molecule has 0 amide bonds. The first-order valence-electron chi connectivity index (χ1n) is 6.81. The molecule has 0 bridgehead atoms. The van der Waals surface area contributed by atoms with Crippen molar-refractivity contribution in [2.45, 2.75) is 32.5 Å². The summed E-state index contributed by atoms with van der Waals surface area (Å²) < 4.78 is 7.79. The molecule has 1 aliphatic rings. The van der Waals surface area contributed by atoms with Crippen LogP contribution in [0.4, 0.5) is 0 Å². The van der Waals surface area contributed by atoms with Crippen molar-refractivity contribution in [3.63, 3.8) is 0 Å². The van der Waals surface area contributed by atoms with E-state index in [2.05, 4.69) is 40.0 Å². The lowest BCUT2D eigenvalue weighted by Gasteiger charge is -2.30. The number of nitrogens with one attached hydrogen (secondary N) is 1. The van der Waals surface area contributed by atoms with Crippen LogP contribution in [0.15, 0.2) is 12.3 Å². The normalized spacial score (nSPS) is 21.3. The third-order valence-electron chi connectivity index (χ3n) is 3.26. The highest BCUT2D eigenvalue weighted by Crippen LogP contribution is 2.03. The summed E-state index contributed by atoms with van der Waals surface area (Å²) in [7, 11) is 2.14. The van der Waals surface area contributed by atoms with Crippen LogP contribution in [0.1, 0.15) is 19.0 Å². The molecular formula is C13H24N4O. The maximum Gasteiger partial charge on any atom is 0.0826 e. The van der Waals surface area contributed by atoms with E-state index in [0.29, 0.717) is 6.10 Å². The summed E-state index contributed by atoms with van der Waals surface area (Å²) in [4.78, 5) is 2.32. The molecule has 2 rings (SSSR count). The van der Waals surface area contributed by atoms with Gasteiger partial charge in [-0.1, -0.05) is 6.92 Å². The average molecular weight is 252 g/mol. The highest BCUT2D eigenvalue weighted by Gasteiger charge is 2.17. The molecule has 0 aliphatic carbocycles. The van der Waals surface area contributed by atoms with Crippen LogP contribution in [0.2, 0.25) is 0 Å². The number of hydrogen-bond donors (Lipinski definition) is 1. The summed E-state index contributed by atoms with van der Waals surface area (Å²) in [5.74, 6) is 0. The molecule has 1 N–H and O–H groups in total. The second kappa shape index (κ2) is 6.87. The van der Waals surface area contributed by atoms with Crippen LogP contribution >= 0.6 is 0 Å². The SMILES string of the molecule is CCCn1nccc1CNCC1CN(C)CCO1. The van der Waals surface area contributed by atoms with E-state index in [4.69, 9.17) is 4.74 Å². The van der Waals surface area contributed by atoms with E-state index in [1.165, 1.54) is 5.69 Å². The largest absolute Gasteiger partial charge is 0.374 e. The first-order chi connectivity index (χ1) is 8.79. The Morgan fingerprint density at radius 1 is 1.56 bits per heavy atom. The molecule has 0 radical (unpaired) electrons. The van der Waals surface area contributed by atoms with Crippen LogP contribution in [-0.2, 0) is 17.8 Å². The molecule has 1 aromatic rings. The van der Waals surface area contributed by atoms with Crippen LogP contribution in [0.5, 0.6) is 0 Å². The standard InChI is InChI=1S/C13H24N4O/c1-3-6-17-12(4-5-15-17)9-14-10-13-11-16(2)7-8-18-13/h4-5,13-14H,3,6-11H2,1-2H3. The van der Waals surface area contributed by atoms with Gasteiger partial charge in [0.25, 0.3) is 0 Å². The summed E-state index contributed by atoms with van der Waals surface area (Å²) in [5.41, 5.74) is 1.25. The molecule has 1 fully saturated rings. The molecule has 5 heteroatoms. The van der Waals surface area contributed by atoms with Gasteiger partial charge >= 0.3 is 0 Å². The number of aryl methyl sites for hydroxylation is 1. The summed E-state index contributed by atoms with van der Waals surface area (Å²) in [6, 6.07) is 2.08. The van der Waals surface area contributed by atoms with Crippen molar-refractivity contribution < 1.29 is 4.74 Å². The van der Waals surface area contributed by atoms with Gasteiger partial charge in [-0.2, -0.15) is 5.10 Å². The maximum atomic E-state index is 5.72. The first-order valence-corrected chi connectivity index (χ1v) is 6.81. The van der Waals surface area contributed by atoms with E-state index in [9.17, 15) is 0 Å². The number of hydrogen-bond acceptors (Lipinski definition) is 4. The van der Waals surface area contributed by atoms with Crippen LogP contribution < -0.4 is 5.32 Å². The summed E-state index contributed by atoms with van der Waals surface area (Å²) in [6.45, 7) is 7.83. The summed E-state index contributed by atoms with van der Waals surface area (Å²) >= 11 is 0. The van der Waals surface area contributed by atoms with E-state index >= 15 is 0 Å². The van der Waals surface area contributed by atoms with Crippen LogP contribution in [0.25, 0.3) is 0 Å². The minimum absolute atomic E-state index is 0.311. The molecule has 1 aromatic heterocycles. The molecule has 102 valence electrons. The zero-order valence-electron chi connectivity index (χ0n) is 11.4. The Morgan fingerprint density at radius 2 is 2.44 bits per heavy atom. The predicted molar refractivity (Wildman–Crippen MR) is 71.5 cm³/mol. The highest BCUT2D eigenvalue weighted by molar-refractivity contribution is 5.00. The van der Waals surface area contributed by atoms with Crippen LogP contribution in [-0.4, -0.2) is 54.1 Å². The lowest BCUT2D eigenvalue weighted by molar-refractivity contribution is -0.0182. The van der Waals surface area contributed by atoms with E-state index < -0.39 is 0 Å². The van der Waals surface area contributed by atoms with Crippen molar-refractivity contribution >= 4 is 0 Å². The lowest BCUT2D eigenvalue weighted by Crippen LogP contribution is -2.44. The van der Waals surface area contributed by atoms with Gasteiger partial charge in [-0.3, -0.25) is 4.68 Å². The van der Waals surface area contributed by atoms with Crippen molar-refractivity contribution in [1.29, 1.82) is 0 Å². The number of aromatic nitrogens is 2. The Balaban J connectivity index is 1.72. The molecule has 5 nitrogen and oxygen atoms in total. The second-order valence-electron chi connectivity index (χ2n) is 4.93. The molecule has 1 aliphatic heterocycles. The minimum atomic E-state index is 0.311. The fourth-order valence-corrected chi connectivity index (χ4v) is 2.27. The van der Waals surface area contributed by atoms with Crippen molar-refractivity contribution in [2.24, 2.45) is 0 Å². The van der Waals surface area contributed by atoms with Gasteiger partial charge in [-0.15, -0.1) is 0 Å². The van der Waals surface area contributed by atoms with Crippen molar-refractivity contribution in [1.82, 2.24) is 20.0 Å². The Bertz CT molecular complexity index is 353. The molecule has 1 unspecified atom stereocenters. The summed E-state index contributed by atoms with van der Waals surface area (Å²) in [6.07, 6.45) is 3.30. The average Bonchev–Trinajstić information content (AvgIpc) is 2.78. The maximum absolute atomic E-state index is 5.72. The minimum Gasteiger partial charge on any atom is -0.374 e. The number of morpholine rings is 1. The molecule has 0 spiro atoms. The van der Waals surface area contributed by atoms with Gasteiger partial charge in [-0.25, -0.2) is 0 Å². The fourth-order valence-electron chi connectivity index (χ4n) is 2.27. The zero-order chi connectivity index (χ0) is 12.8. The molecule has 0 aromatic carbocycles. The number of nitrogens with zero attached hydrogens (tertiary/aromatic N) is 3. The first kappa shape index (κ1) is 13.5. The van der Waals surface area contributed by atoms with Crippen molar-refractivity contribution in [3.8, 4) is 0 Å². The Morgan fingerprint density at radius 3 is 3.22 bits per heavy atom. The topological polar surface area (TPSA) is 42.3 Å². The quantitative estimate of drug-likeness (QED) is 0.810. The molecule has 1 atom stereocenters. The van der Waals surface area contributed by atoms with Crippen molar-refractivity contribution in [3.05, 3.63) is 18.0 Å². The smallest absolute Gasteiger partial charge is 0.0826 e. The lowest BCUT2D eigenvalue weighted by atomic mass is 10.3. The molecular weight excluding hydrogens is 228 g/mol. The Hall–Kier alpha value is -0.910. The highest BCUT2D eigenvalue weighted by atomic mass is 16.5. The van der Waals surface area contributed by atoms with Crippen LogP contribution in [0.3, 0.4) is 0 Å². The van der Waals surface area contributed by atoms with E-state index in [-0.39, 0.29) is 0 Å². The number of rotatable bonds is 6. The fraction of sp³-hybridized carbons (Fsp3) is 0.769. The molecule has 1 saturated heterocycles. The molecule has 0 saturated carbocycles. The molecule has 2 heterocycles. The number of ether oxygens (including phenoxy) is 1. The van der Waals surface area contributed by atoms with Gasteiger partial charge < -0.3 is 15.0 Å². The van der Waals surface area contributed by atoms with E-state index in [1.807, 2.05) is 6.20 Å². The van der Waals surface area contributed by atoms with Gasteiger partial charge in [0.2, 0.25) is 0 Å². The van der Waals surface area contributed by atoms with E-state index in [0.717, 1.165) is 45.8 Å².